The molecule has 0 aliphatic rings. The fraction of sp³-hybridized carbons (Fsp3) is 0.966. The van der Waals surface area contributed by atoms with Gasteiger partial charge in [-0.25, -0.2) is 0 Å². The quantitative estimate of drug-likeness (QED) is 0.244. The molecule has 1 atom stereocenters. The zero-order chi connectivity index (χ0) is 27.8. The molecule has 1 amide bonds. The van der Waals surface area contributed by atoms with Crippen LogP contribution in [0.3, 0.4) is 0 Å². The molecule has 0 rings (SSSR count). The highest BCUT2D eigenvalue weighted by Crippen LogP contribution is 2.23. The molecule has 6 heteroatoms. The third kappa shape index (κ3) is 18.2. The summed E-state index contributed by atoms with van der Waals surface area (Å²) in [6.45, 7) is 32.1. The molecule has 0 aromatic heterocycles. The number of nitrogens with one attached hydrogen (secondary N) is 3. The lowest BCUT2D eigenvalue weighted by Crippen LogP contribution is -2.51. The van der Waals surface area contributed by atoms with Crippen LogP contribution in [0.2, 0.25) is 0 Å². The maximum Gasteiger partial charge on any atom is 0.222 e. The topological polar surface area (TPSA) is 71.6 Å². The highest BCUT2D eigenvalue weighted by atomic mass is 16.5. The molecule has 0 fully saturated rings. The molecule has 0 aromatic rings. The fourth-order valence-corrected chi connectivity index (χ4v) is 4.61. The van der Waals surface area contributed by atoms with Crippen LogP contribution in [-0.4, -0.2) is 59.0 Å². The van der Waals surface area contributed by atoms with Crippen LogP contribution in [0.15, 0.2) is 0 Å². The summed E-state index contributed by atoms with van der Waals surface area (Å²) in [7, 11) is 0. The van der Waals surface area contributed by atoms with Gasteiger partial charge in [0.15, 0.2) is 0 Å². The van der Waals surface area contributed by atoms with E-state index in [1.165, 1.54) is 0 Å². The van der Waals surface area contributed by atoms with E-state index in [0.717, 1.165) is 25.7 Å². The van der Waals surface area contributed by atoms with Crippen molar-refractivity contribution >= 4 is 5.91 Å². The average Bonchev–Trinajstić information content (AvgIpc) is 2.56. The minimum atomic E-state index is -0.502. The molecular weight excluding hydrogens is 438 g/mol. The van der Waals surface area contributed by atoms with Crippen molar-refractivity contribution in [3.05, 3.63) is 0 Å². The monoisotopic (exact) mass is 499 g/mol. The molecule has 0 radical (unpaired) electrons. The van der Waals surface area contributed by atoms with E-state index in [4.69, 9.17) is 9.47 Å². The number of carbonyl (C=O) groups excluding carboxylic acids is 1. The van der Waals surface area contributed by atoms with Crippen LogP contribution >= 0.6 is 0 Å². The zero-order valence-corrected chi connectivity index (χ0v) is 25.9. The Morgan fingerprint density at radius 1 is 0.657 bits per heavy atom. The Morgan fingerprint density at radius 2 is 1.09 bits per heavy atom. The van der Waals surface area contributed by atoms with Gasteiger partial charge in [-0.05, 0) is 116 Å². The van der Waals surface area contributed by atoms with E-state index in [1.807, 2.05) is 13.8 Å². The van der Waals surface area contributed by atoms with Gasteiger partial charge >= 0.3 is 0 Å². The molecule has 210 valence electrons. The van der Waals surface area contributed by atoms with E-state index in [-0.39, 0.29) is 33.7 Å². The van der Waals surface area contributed by atoms with Crippen LogP contribution < -0.4 is 16.0 Å². The van der Waals surface area contributed by atoms with E-state index < -0.39 is 5.60 Å². The second kappa shape index (κ2) is 13.2. The van der Waals surface area contributed by atoms with E-state index in [2.05, 4.69) is 99.0 Å². The summed E-state index contributed by atoms with van der Waals surface area (Å²) in [4.78, 5) is 12.6. The van der Waals surface area contributed by atoms with Crippen LogP contribution in [0.5, 0.6) is 0 Å². The first-order valence-electron chi connectivity index (χ1n) is 13.6. The molecule has 35 heavy (non-hydrogen) atoms. The molecule has 1 unspecified atom stereocenters. The highest BCUT2D eigenvalue weighted by Gasteiger charge is 2.29. The molecule has 0 aromatic carbocycles. The minimum absolute atomic E-state index is 0.00468. The summed E-state index contributed by atoms with van der Waals surface area (Å²) in [5.74, 6) is 0.0241. The number of hydrogen-bond donors (Lipinski definition) is 3. The van der Waals surface area contributed by atoms with E-state index >= 15 is 0 Å². The highest BCUT2D eigenvalue weighted by molar-refractivity contribution is 5.76. The van der Waals surface area contributed by atoms with Crippen molar-refractivity contribution in [1.82, 2.24) is 16.0 Å². The lowest BCUT2D eigenvalue weighted by Gasteiger charge is -2.36. The third-order valence-corrected chi connectivity index (χ3v) is 6.13. The second-order valence-electron chi connectivity index (χ2n) is 14.6. The maximum atomic E-state index is 12.6. The van der Waals surface area contributed by atoms with Crippen molar-refractivity contribution in [3.8, 4) is 0 Å². The van der Waals surface area contributed by atoms with Crippen LogP contribution in [0.4, 0.5) is 0 Å². The maximum absolute atomic E-state index is 12.6. The number of ether oxygens (including phenoxy) is 2. The standard InChI is InChI=1S/C29H61N3O3/c1-15-29(14,35-21-18-27(10,11)32-25(5,6)7)16-19-30-23(33)22-28(12,13)34-20-17-26(8,9)31-24(2,3)4/h31-32H,15-22H2,1-14H3,(H,30,33). The molecule has 0 spiro atoms. The Hall–Kier alpha value is -0.690. The van der Waals surface area contributed by atoms with Gasteiger partial charge in [0.25, 0.3) is 0 Å². The smallest absolute Gasteiger partial charge is 0.222 e. The number of amides is 1. The van der Waals surface area contributed by atoms with Gasteiger partial charge in [0.1, 0.15) is 0 Å². The van der Waals surface area contributed by atoms with Gasteiger partial charge in [-0.2, -0.15) is 0 Å². The summed E-state index contributed by atoms with van der Waals surface area (Å²) in [6, 6.07) is 0. The lowest BCUT2D eigenvalue weighted by molar-refractivity contribution is -0.128. The summed E-state index contributed by atoms with van der Waals surface area (Å²) in [5, 5.41) is 10.4. The zero-order valence-electron chi connectivity index (χ0n) is 25.9. The Morgan fingerprint density at radius 3 is 1.49 bits per heavy atom. The van der Waals surface area contributed by atoms with Gasteiger partial charge < -0.3 is 25.4 Å². The van der Waals surface area contributed by atoms with Crippen LogP contribution in [0.1, 0.15) is 129 Å². The van der Waals surface area contributed by atoms with Crippen molar-refractivity contribution in [3.63, 3.8) is 0 Å². The molecule has 6 nitrogen and oxygen atoms in total. The van der Waals surface area contributed by atoms with E-state index in [9.17, 15) is 4.79 Å². The minimum Gasteiger partial charge on any atom is -0.375 e. The van der Waals surface area contributed by atoms with Gasteiger partial charge in [0.05, 0.1) is 17.6 Å². The molecule has 0 aliphatic carbocycles. The first-order valence-corrected chi connectivity index (χ1v) is 13.6. The first-order chi connectivity index (χ1) is 15.5. The summed E-state index contributed by atoms with van der Waals surface area (Å²) in [5.41, 5.74) is -0.654. The number of rotatable bonds is 16. The van der Waals surface area contributed by atoms with Crippen LogP contribution in [-0.2, 0) is 14.3 Å². The van der Waals surface area contributed by atoms with Gasteiger partial charge in [-0.3, -0.25) is 4.79 Å². The SMILES string of the molecule is CCC(C)(CCNC(=O)CC(C)(C)OCCC(C)(C)NC(C)(C)C)OCCC(C)(C)NC(C)(C)C. The van der Waals surface area contributed by atoms with Gasteiger partial charge in [0.2, 0.25) is 5.91 Å². The molecule has 0 saturated carbocycles. The normalized spacial score (nSPS) is 15.7. The predicted octanol–water partition coefficient (Wildman–Crippen LogP) is 5.98. The van der Waals surface area contributed by atoms with E-state index in [0.29, 0.717) is 26.2 Å². The number of carbonyl (C=O) groups is 1. The van der Waals surface area contributed by atoms with Crippen LogP contribution in [0, 0.1) is 0 Å². The Balaban J connectivity index is 4.47. The van der Waals surface area contributed by atoms with Crippen molar-refractivity contribution in [1.29, 1.82) is 0 Å². The van der Waals surface area contributed by atoms with Crippen molar-refractivity contribution < 1.29 is 14.3 Å². The van der Waals surface area contributed by atoms with E-state index in [1.54, 1.807) is 0 Å². The molecule has 3 N–H and O–H groups in total. The lowest BCUT2D eigenvalue weighted by atomic mass is 9.95. The number of hydrogen-bond acceptors (Lipinski definition) is 5. The molecular formula is C29H61N3O3. The van der Waals surface area contributed by atoms with Gasteiger partial charge in [0, 0.05) is 41.9 Å². The molecule has 0 bridgehead atoms. The van der Waals surface area contributed by atoms with Crippen molar-refractivity contribution in [2.45, 2.75) is 162 Å². The first kappa shape index (κ1) is 34.3. The van der Waals surface area contributed by atoms with Crippen molar-refractivity contribution in [2.75, 3.05) is 19.8 Å². The average molecular weight is 500 g/mol. The second-order valence-corrected chi connectivity index (χ2v) is 14.6. The van der Waals surface area contributed by atoms with Gasteiger partial charge in [-0.1, -0.05) is 6.92 Å². The summed E-state index contributed by atoms with van der Waals surface area (Å²) >= 11 is 0. The largest absolute Gasteiger partial charge is 0.375 e. The Labute approximate surface area is 218 Å². The van der Waals surface area contributed by atoms with Gasteiger partial charge in [-0.15, -0.1) is 0 Å². The summed E-state index contributed by atoms with van der Waals surface area (Å²) in [6.07, 6.45) is 3.85. The molecule has 0 aliphatic heterocycles. The Bertz CT molecular complexity index is 630. The summed E-state index contributed by atoms with van der Waals surface area (Å²) < 4.78 is 12.4. The third-order valence-electron chi connectivity index (χ3n) is 6.13. The Kier molecular flexibility index (Phi) is 12.9. The van der Waals surface area contributed by atoms with Crippen molar-refractivity contribution in [2.24, 2.45) is 0 Å². The fourth-order valence-electron chi connectivity index (χ4n) is 4.61. The predicted molar refractivity (Wildman–Crippen MR) is 150 cm³/mol. The molecule has 0 heterocycles. The van der Waals surface area contributed by atoms with Crippen LogP contribution in [0.25, 0.3) is 0 Å². The molecule has 0 saturated heterocycles.